The molecule has 0 aromatic carbocycles. The van der Waals surface area contributed by atoms with E-state index in [9.17, 15) is 4.79 Å². The molecule has 2 aliphatic heterocycles. The summed E-state index contributed by atoms with van der Waals surface area (Å²) in [5.41, 5.74) is 2.53. The van der Waals surface area contributed by atoms with Gasteiger partial charge >= 0.3 is 0 Å². The summed E-state index contributed by atoms with van der Waals surface area (Å²) in [5, 5.41) is 8.80. The summed E-state index contributed by atoms with van der Waals surface area (Å²) < 4.78 is 5.57. The summed E-state index contributed by atoms with van der Waals surface area (Å²) in [6.45, 7) is 2.50. The maximum atomic E-state index is 12.4. The van der Waals surface area contributed by atoms with Crippen molar-refractivity contribution in [3.8, 4) is 0 Å². The highest BCUT2D eigenvalue weighted by molar-refractivity contribution is 5.77. The number of carbonyl (C=O) groups excluding carboxylic acids is 1. The molecule has 1 amide bonds. The third kappa shape index (κ3) is 3.11. The topological polar surface area (TPSA) is 58.6 Å². The van der Waals surface area contributed by atoms with Gasteiger partial charge in [-0.25, -0.2) is 0 Å². The smallest absolute Gasteiger partial charge is 0.225 e. The monoisotopic (exact) mass is 330 g/mol. The van der Waals surface area contributed by atoms with Crippen LogP contribution in [-0.4, -0.2) is 59.9 Å². The van der Waals surface area contributed by atoms with Gasteiger partial charge in [-0.2, -0.15) is 5.10 Å². The minimum Gasteiger partial charge on any atom is -0.378 e. The molecule has 2 saturated heterocycles. The first-order valence-corrected chi connectivity index (χ1v) is 9.18. The number of fused-ring (bicyclic) bond motifs is 1. The first-order valence-electron chi connectivity index (χ1n) is 9.18. The first-order chi connectivity index (χ1) is 11.7. The molecule has 2 fully saturated rings. The van der Waals surface area contributed by atoms with Crippen LogP contribution in [0.2, 0.25) is 0 Å². The van der Waals surface area contributed by atoms with E-state index >= 15 is 0 Å². The van der Waals surface area contributed by atoms with Crippen LogP contribution in [-0.2, 0) is 22.4 Å². The van der Waals surface area contributed by atoms with Gasteiger partial charge in [-0.15, -0.1) is 5.10 Å². The van der Waals surface area contributed by atoms with Crippen molar-refractivity contribution in [1.29, 1.82) is 0 Å². The summed E-state index contributed by atoms with van der Waals surface area (Å²) in [6, 6.07) is 2.48. The van der Waals surface area contributed by atoms with Crippen LogP contribution in [0.4, 0.5) is 5.82 Å². The fraction of sp³-hybridized carbons (Fsp3) is 0.722. The molecule has 0 saturated carbocycles. The normalized spacial score (nSPS) is 23.7. The minimum atomic E-state index is 0.127. The quantitative estimate of drug-likeness (QED) is 0.839. The Labute approximate surface area is 143 Å². The van der Waals surface area contributed by atoms with Crippen LogP contribution >= 0.6 is 0 Å². The SMILES string of the molecule is CN(C(=O)CC1CCCO1)C1CN(c2cc3c(nn2)CCCC3)C1. The molecule has 1 unspecified atom stereocenters. The first kappa shape index (κ1) is 15.8. The van der Waals surface area contributed by atoms with Gasteiger partial charge in [0, 0.05) is 26.7 Å². The number of ether oxygens (including phenoxy) is 1. The lowest BCUT2D eigenvalue weighted by Gasteiger charge is -2.44. The van der Waals surface area contributed by atoms with Crippen molar-refractivity contribution in [1.82, 2.24) is 15.1 Å². The van der Waals surface area contributed by atoms with Crippen molar-refractivity contribution in [3.63, 3.8) is 0 Å². The van der Waals surface area contributed by atoms with E-state index in [0.29, 0.717) is 6.42 Å². The molecule has 24 heavy (non-hydrogen) atoms. The van der Waals surface area contributed by atoms with Gasteiger partial charge in [-0.3, -0.25) is 4.79 Å². The van der Waals surface area contributed by atoms with Crippen molar-refractivity contribution >= 4 is 11.7 Å². The number of rotatable bonds is 4. The molecule has 1 aliphatic carbocycles. The second-order valence-corrected chi connectivity index (χ2v) is 7.28. The summed E-state index contributed by atoms with van der Waals surface area (Å²) in [6.07, 6.45) is 7.40. The standard InChI is InChI=1S/C18H26N4O2/c1-21(18(23)10-15-6-4-8-24-15)14-11-22(12-14)17-9-13-5-2-3-7-16(13)19-20-17/h9,14-15H,2-8,10-12H2,1H3. The van der Waals surface area contributed by atoms with E-state index in [2.05, 4.69) is 21.2 Å². The maximum absolute atomic E-state index is 12.4. The van der Waals surface area contributed by atoms with Crippen LogP contribution in [0.3, 0.4) is 0 Å². The summed E-state index contributed by atoms with van der Waals surface area (Å²) >= 11 is 0. The largest absolute Gasteiger partial charge is 0.378 e. The number of likely N-dealkylation sites (N-methyl/N-ethyl adjacent to an activating group) is 1. The van der Waals surface area contributed by atoms with Gasteiger partial charge < -0.3 is 14.5 Å². The van der Waals surface area contributed by atoms with Gasteiger partial charge in [-0.05, 0) is 50.2 Å². The lowest BCUT2D eigenvalue weighted by Crippen LogP contribution is -2.60. The van der Waals surface area contributed by atoms with E-state index in [-0.39, 0.29) is 18.1 Å². The zero-order valence-corrected chi connectivity index (χ0v) is 14.4. The molecule has 0 radical (unpaired) electrons. The number of nitrogens with zero attached hydrogens (tertiary/aromatic N) is 4. The Hall–Kier alpha value is -1.69. The minimum absolute atomic E-state index is 0.127. The van der Waals surface area contributed by atoms with Gasteiger partial charge in [-0.1, -0.05) is 0 Å². The molecule has 1 atom stereocenters. The Kier molecular flexibility index (Phi) is 4.39. The van der Waals surface area contributed by atoms with Gasteiger partial charge in [0.25, 0.3) is 0 Å². The molecule has 1 aromatic rings. The molecule has 6 heteroatoms. The number of carbonyl (C=O) groups is 1. The van der Waals surface area contributed by atoms with E-state index in [1.807, 2.05) is 11.9 Å². The Bertz CT molecular complexity index is 609. The zero-order chi connectivity index (χ0) is 16.5. The molecule has 4 rings (SSSR count). The van der Waals surface area contributed by atoms with Gasteiger partial charge in [0.1, 0.15) is 0 Å². The van der Waals surface area contributed by atoms with Crippen LogP contribution in [0.1, 0.15) is 43.4 Å². The highest BCUT2D eigenvalue weighted by Crippen LogP contribution is 2.26. The van der Waals surface area contributed by atoms with Crippen LogP contribution in [0.5, 0.6) is 0 Å². The predicted molar refractivity (Wildman–Crippen MR) is 91.0 cm³/mol. The predicted octanol–water partition coefficient (Wildman–Crippen LogP) is 1.57. The number of aromatic nitrogens is 2. The Balaban J connectivity index is 1.31. The van der Waals surface area contributed by atoms with E-state index in [4.69, 9.17) is 4.74 Å². The molecular weight excluding hydrogens is 304 g/mol. The van der Waals surface area contributed by atoms with Gasteiger partial charge in [0.15, 0.2) is 5.82 Å². The van der Waals surface area contributed by atoms with Crippen LogP contribution in [0.25, 0.3) is 0 Å². The zero-order valence-electron chi connectivity index (χ0n) is 14.4. The van der Waals surface area contributed by atoms with Crippen molar-refractivity contribution in [2.75, 3.05) is 31.6 Å². The number of hydrogen-bond acceptors (Lipinski definition) is 5. The lowest BCUT2D eigenvalue weighted by molar-refractivity contribution is -0.134. The summed E-state index contributed by atoms with van der Waals surface area (Å²) in [5.74, 6) is 1.16. The molecular formula is C18H26N4O2. The molecule has 3 aliphatic rings. The van der Waals surface area contributed by atoms with Gasteiger partial charge in [0.2, 0.25) is 5.91 Å². The number of anilines is 1. The number of aryl methyl sites for hydroxylation is 2. The maximum Gasteiger partial charge on any atom is 0.225 e. The second-order valence-electron chi connectivity index (χ2n) is 7.28. The lowest BCUT2D eigenvalue weighted by atomic mass is 9.96. The van der Waals surface area contributed by atoms with Crippen LogP contribution in [0, 0.1) is 0 Å². The molecule has 0 bridgehead atoms. The summed E-state index contributed by atoms with van der Waals surface area (Å²) in [7, 11) is 1.91. The average molecular weight is 330 g/mol. The molecule has 0 N–H and O–H groups in total. The van der Waals surface area contributed by atoms with E-state index < -0.39 is 0 Å². The second kappa shape index (κ2) is 6.67. The third-order valence-electron chi connectivity index (χ3n) is 5.61. The van der Waals surface area contributed by atoms with E-state index in [0.717, 1.165) is 51.2 Å². The highest BCUT2D eigenvalue weighted by atomic mass is 16.5. The van der Waals surface area contributed by atoms with E-state index in [1.165, 1.54) is 24.1 Å². The average Bonchev–Trinajstić information content (AvgIpc) is 3.06. The van der Waals surface area contributed by atoms with Gasteiger partial charge in [0.05, 0.1) is 24.3 Å². The fourth-order valence-electron chi connectivity index (χ4n) is 3.87. The van der Waals surface area contributed by atoms with Crippen LogP contribution in [0.15, 0.2) is 6.07 Å². The van der Waals surface area contributed by atoms with Crippen molar-refractivity contribution in [3.05, 3.63) is 17.3 Å². The molecule has 6 nitrogen and oxygen atoms in total. The molecule has 130 valence electrons. The van der Waals surface area contributed by atoms with Crippen molar-refractivity contribution in [2.24, 2.45) is 0 Å². The van der Waals surface area contributed by atoms with Crippen molar-refractivity contribution < 1.29 is 9.53 Å². The molecule has 1 aromatic heterocycles. The fourth-order valence-corrected chi connectivity index (χ4v) is 3.87. The number of amides is 1. The summed E-state index contributed by atoms with van der Waals surface area (Å²) in [4.78, 5) is 16.5. The third-order valence-corrected chi connectivity index (χ3v) is 5.61. The van der Waals surface area contributed by atoms with Crippen LogP contribution < -0.4 is 4.90 Å². The Morgan fingerprint density at radius 1 is 1.29 bits per heavy atom. The highest BCUT2D eigenvalue weighted by Gasteiger charge is 2.34. The van der Waals surface area contributed by atoms with Crippen molar-refractivity contribution in [2.45, 2.75) is 57.1 Å². The van der Waals surface area contributed by atoms with E-state index in [1.54, 1.807) is 0 Å². The molecule has 3 heterocycles. The molecule has 0 spiro atoms. The Morgan fingerprint density at radius 3 is 2.92 bits per heavy atom. The Morgan fingerprint density at radius 2 is 2.12 bits per heavy atom. The number of hydrogen-bond donors (Lipinski definition) is 0.